The molecule has 0 aliphatic carbocycles. The summed E-state index contributed by atoms with van der Waals surface area (Å²) in [6, 6.07) is 20.8. The van der Waals surface area contributed by atoms with Crippen LogP contribution in [0.1, 0.15) is 0 Å². The second-order valence-electron chi connectivity index (χ2n) is 5.29. The fourth-order valence-electron chi connectivity index (χ4n) is 2.38. The van der Waals surface area contributed by atoms with E-state index in [1.807, 2.05) is 60.7 Å². The SMILES string of the molecule is Clc1ccc2ncnc(Nc3ccc(Oc4ccccc4)cc3)c2n1. The number of pyridine rings is 1. The van der Waals surface area contributed by atoms with E-state index in [9.17, 15) is 0 Å². The fraction of sp³-hybridized carbons (Fsp3) is 0. The number of anilines is 2. The van der Waals surface area contributed by atoms with E-state index in [4.69, 9.17) is 16.3 Å². The minimum absolute atomic E-state index is 0.400. The van der Waals surface area contributed by atoms with Crippen molar-refractivity contribution in [2.24, 2.45) is 0 Å². The van der Waals surface area contributed by atoms with Crippen molar-refractivity contribution >= 4 is 34.1 Å². The molecule has 0 spiro atoms. The molecule has 0 fully saturated rings. The second-order valence-corrected chi connectivity index (χ2v) is 5.68. The molecule has 2 heterocycles. The Morgan fingerprint density at radius 3 is 2.36 bits per heavy atom. The van der Waals surface area contributed by atoms with E-state index in [-0.39, 0.29) is 0 Å². The maximum atomic E-state index is 5.98. The fourth-order valence-corrected chi connectivity index (χ4v) is 2.52. The Labute approximate surface area is 149 Å². The molecule has 122 valence electrons. The molecular weight excluding hydrogens is 336 g/mol. The van der Waals surface area contributed by atoms with Crippen LogP contribution in [0.3, 0.4) is 0 Å². The Morgan fingerprint density at radius 1 is 0.800 bits per heavy atom. The first-order chi connectivity index (χ1) is 12.3. The molecule has 2 aromatic carbocycles. The van der Waals surface area contributed by atoms with Crippen molar-refractivity contribution in [2.45, 2.75) is 0 Å². The van der Waals surface area contributed by atoms with Gasteiger partial charge in [-0.3, -0.25) is 0 Å². The zero-order valence-corrected chi connectivity index (χ0v) is 13.8. The highest BCUT2D eigenvalue weighted by molar-refractivity contribution is 6.29. The summed E-state index contributed by atoms with van der Waals surface area (Å²) in [5, 5.41) is 3.64. The van der Waals surface area contributed by atoms with Gasteiger partial charge >= 0.3 is 0 Å². The van der Waals surface area contributed by atoms with Gasteiger partial charge in [0.25, 0.3) is 0 Å². The third-order valence-corrected chi connectivity index (χ3v) is 3.75. The van der Waals surface area contributed by atoms with Crippen LogP contribution in [0.5, 0.6) is 11.5 Å². The van der Waals surface area contributed by atoms with Gasteiger partial charge < -0.3 is 10.1 Å². The van der Waals surface area contributed by atoms with Gasteiger partial charge in [-0.1, -0.05) is 29.8 Å². The minimum Gasteiger partial charge on any atom is -0.457 e. The summed E-state index contributed by atoms with van der Waals surface area (Å²) in [5.74, 6) is 2.15. The van der Waals surface area contributed by atoms with Gasteiger partial charge in [-0.05, 0) is 48.5 Å². The molecule has 0 atom stereocenters. The van der Waals surface area contributed by atoms with Gasteiger partial charge in [-0.2, -0.15) is 0 Å². The van der Waals surface area contributed by atoms with Gasteiger partial charge in [0, 0.05) is 5.69 Å². The zero-order valence-electron chi connectivity index (χ0n) is 13.1. The summed E-state index contributed by atoms with van der Waals surface area (Å²) in [5.41, 5.74) is 2.22. The molecule has 0 saturated carbocycles. The lowest BCUT2D eigenvalue weighted by Crippen LogP contribution is -1.97. The van der Waals surface area contributed by atoms with Gasteiger partial charge in [0.05, 0.1) is 5.52 Å². The molecule has 25 heavy (non-hydrogen) atoms. The number of halogens is 1. The van der Waals surface area contributed by atoms with E-state index in [1.165, 1.54) is 6.33 Å². The lowest BCUT2D eigenvalue weighted by molar-refractivity contribution is 0.483. The predicted octanol–water partition coefficient (Wildman–Crippen LogP) is 5.21. The molecule has 0 unspecified atom stereocenters. The Balaban J connectivity index is 1.56. The molecule has 4 aromatic rings. The smallest absolute Gasteiger partial charge is 0.160 e. The Bertz CT molecular complexity index is 1010. The molecule has 0 aliphatic heterocycles. The minimum atomic E-state index is 0.400. The van der Waals surface area contributed by atoms with Crippen molar-refractivity contribution in [3.8, 4) is 11.5 Å². The van der Waals surface area contributed by atoms with Crippen LogP contribution in [0.2, 0.25) is 5.15 Å². The highest BCUT2D eigenvalue weighted by Crippen LogP contribution is 2.26. The van der Waals surface area contributed by atoms with Gasteiger partial charge in [0.2, 0.25) is 0 Å². The van der Waals surface area contributed by atoms with Crippen molar-refractivity contribution in [2.75, 3.05) is 5.32 Å². The van der Waals surface area contributed by atoms with Gasteiger partial charge in [0.15, 0.2) is 5.82 Å². The number of fused-ring (bicyclic) bond motifs is 1. The summed E-state index contributed by atoms with van der Waals surface area (Å²) in [4.78, 5) is 12.8. The molecule has 2 aromatic heterocycles. The van der Waals surface area contributed by atoms with Crippen molar-refractivity contribution in [1.29, 1.82) is 0 Å². The summed E-state index contributed by atoms with van der Waals surface area (Å²) in [7, 11) is 0. The highest BCUT2D eigenvalue weighted by atomic mass is 35.5. The number of nitrogens with one attached hydrogen (secondary N) is 1. The number of nitrogens with zero attached hydrogens (tertiary/aromatic N) is 3. The number of rotatable bonds is 4. The third kappa shape index (κ3) is 3.51. The molecule has 0 bridgehead atoms. The Morgan fingerprint density at radius 2 is 1.56 bits per heavy atom. The van der Waals surface area contributed by atoms with Crippen LogP contribution in [-0.2, 0) is 0 Å². The van der Waals surface area contributed by atoms with Gasteiger partial charge in [-0.15, -0.1) is 0 Å². The topological polar surface area (TPSA) is 59.9 Å². The summed E-state index contributed by atoms with van der Waals surface area (Å²) in [6.45, 7) is 0. The predicted molar refractivity (Wildman–Crippen MR) is 98.6 cm³/mol. The van der Waals surface area contributed by atoms with Crippen LogP contribution in [-0.4, -0.2) is 15.0 Å². The van der Waals surface area contributed by atoms with Gasteiger partial charge in [0.1, 0.15) is 28.5 Å². The van der Waals surface area contributed by atoms with Crippen molar-refractivity contribution in [3.05, 3.63) is 78.2 Å². The summed E-state index contributed by atoms with van der Waals surface area (Å²) in [6.07, 6.45) is 1.49. The molecule has 0 radical (unpaired) electrons. The number of benzene rings is 2. The van der Waals surface area contributed by atoms with Crippen LogP contribution in [0.25, 0.3) is 11.0 Å². The first kappa shape index (κ1) is 15.4. The van der Waals surface area contributed by atoms with Crippen LogP contribution >= 0.6 is 11.6 Å². The number of hydrogen-bond acceptors (Lipinski definition) is 5. The zero-order chi connectivity index (χ0) is 17.1. The third-order valence-electron chi connectivity index (χ3n) is 3.54. The van der Waals surface area contributed by atoms with E-state index >= 15 is 0 Å². The Kier molecular flexibility index (Phi) is 4.14. The monoisotopic (exact) mass is 348 g/mol. The van der Waals surface area contributed by atoms with Crippen molar-refractivity contribution < 1.29 is 4.74 Å². The molecular formula is C19H13ClN4O. The largest absolute Gasteiger partial charge is 0.457 e. The Hall–Kier alpha value is -3.18. The molecule has 4 rings (SSSR count). The maximum Gasteiger partial charge on any atom is 0.160 e. The van der Waals surface area contributed by atoms with E-state index in [2.05, 4.69) is 20.3 Å². The van der Waals surface area contributed by atoms with Crippen LogP contribution in [0.4, 0.5) is 11.5 Å². The summed E-state index contributed by atoms with van der Waals surface area (Å²) < 4.78 is 5.79. The standard InChI is InChI=1S/C19H13ClN4O/c20-17-11-10-16-18(24-17)19(22-12-21-16)23-13-6-8-15(9-7-13)25-14-4-2-1-3-5-14/h1-12H,(H,21,22,23). The number of hydrogen-bond donors (Lipinski definition) is 1. The van der Waals surface area contributed by atoms with E-state index in [0.29, 0.717) is 16.5 Å². The lowest BCUT2D eigenvalue weighted by atomic mass is 10.3. The van der Waals surface area contributed by atoms with E-state index < -0.39 is 0 Å². The van der Waals surface area contributed by atoms with E-state index in [0.717, 1.165) is 22.7 Å². The number of ether oxygens (including phenoxy) is 1. The molecule has 6 heteroatoms. The van der Waals surface area contributed by atoms with Crippen LogP contribution in [0.15, 0.2) is 73.1 Å². The average molecular weight is 349 g/mol. The van der Waals surface area contributed by atoms with Gasteiger partial charge in [-0.25, -0.2) is 15.0 Å². The quantitative estimate of drug-likeness (QED) is 0.513. The molecule has 0 saturated heterocycles. The number of para-hydroxylation sites is 1. The second kappa shape index (κ2) is 6.75. The van der Waals surface area contributed by atoms with Crippen LogP contribution < -0.4 is 10.1 Å². The van der Waals surface area contributed by atoms with E-state index in [1.54, 1.807) is 6.07 Å². The highest BCUT2D eigenvalue weighted by Gasteiger charge is 2.07. The average Bonchev–Trinajstić information content (AvgIpc) is 2.65. The molecule has 0 aliphatic rings. The van der Waals surface area contributed by atoms with Crippen molar-refractivity contribution in [1.82, 2.24) is 15.0 Å². The molecule has 0 amide bonds. The first-order valence-electron chi connectivity index (χ1n) is 7.65. The summed E-state index contributed by atoms with van der Waals surface area (Å²) >= 11 is 5.98. The first-order valence-corrected chi connectivity index (χ1v) is 8.03. The van der Waals surface area contributed by atoms with Crippen molar-refractivity contribution in [3.63, 3.8) is 0 Å². The maximum absolute atomic E-state index is 5.98. The lowest BCUT2D eigenvalue weighted by Gasteiger charge is -2.09. The molecule has 1 N–H and O–H groups in total. The molecule has 5 nitrogen and oxygen atoms in total. The van der Waals surface area contributed by atoms with Crippen LogP contribution in [0, 0.1) is 0 Å². The number of aromatic nitrogens is 3. The normalized spacial score (nSPS) is 10.6.